The number of rotatable bonds is 5. The van der Waals surface area contributed by atoms with Crippen molar-refractivity contribution in [1.29, 1.82) is 0 Å². The number of aromatic nitrogens is 1. The van der Waals surface area contributed by atoms with Gasteiger partial charge in [-0.05, 0) is 36.8 Å². The van der Waals surface area contributed by atoms with Gasteiger partial charge in [0, 0.05) is 34.1 Å². The van der Waals surface area contributed by atoms with Crippen LogP contribution in [0.15, 0.2) is 47.2 Å². The first kappa shape index (κ1) is 15.3. The molecule has 0 bridgehead atoms. The molecular formula is C16H14BrNO3. The Morgan fingerprint density at radius 2 is 2.29 bits per heavy atom. The van der Waals surface area contributed by atoms with Crippen molar-refractivity contribution in [3.8, 4) is 5.75 Å². The van der Waals surface area contributed by atoms with E-state index >= 15 is 0 Å². The lowest BCUT2D eigenvalue weighted by molar-refractivity contribution is -0.131. The Hall–Kier alpha value is -2.14. The number of carboxylic acids is 1. The summed E-state index contributed by atoms with van der Waals surface area (Å²) in [5.41, 5.74) is 2.60. The molecule has 0 spiro atoms. The predicted octanol–water partition coefficient (Wildman–Crippen LogP) is 3.83. The number of ether oxygens (including phenoxy) is 1. The first-order valence-electron chi connectivity index (χ1n) is 6.29. The summed E-state index contributed by atoms with van der Waals surface area (Å²) in [6.07, 6.45) is 6.06. The van der Waals surface area contributed by atoms with Crippen molar-refractivity contribution >= 4 is 28.0 Å². The fourth-order valence-electron chi connectivity index (χ4n) is 1.88. The molecule has 0 saturated heterocycles. The lowest BCUT2D eigenvalue weighted by Gasteiger charge is -2.13. The van der Waals surface area contributed by atoms with E-state index in [0.29, 0.717) is 17.9 Å². The number of aryl methyl sites for hydroxylation is 1. The van der Waals surface area contributed by atoms with Crippen LogP contribution in [0.1, 0.15) is 16.7 Å². The van der Waals surface area contributed by atoms with Crippen molar-refractivity contribution < 1.29 is 14.6 Å². The zero-order chi connectivity index (χ0) is 15.2. The average Bonchev–Trinajstić information content (AvgIpc) is 2.45. The lowest BCUT2D eigenvalue weighted by atomic mass is 10.1. The third kappa shape index (κ3) is 4.43. The molecule has 108 valence electrons. The summed E-state index contributed by atoms with van der Waals surface area (Å²) in [4.78, 5) is 14.7. The van der Waals surface area contributed by atoms with E-state index in [1.807, 2.05) is 31.2 Å². The quantitative estimate of drug-likeness (QED) is 0.835. The van der Waals surface area contributed by atoms with Gasteiger partial charge in [-0.15, -0.1) is 0 Å². The number of hydrogen-bond acceptors (Lipinski definition) is 3. The van der Waals surface area contributed by atoms with Gasteiger partial charge in [-0.3, -0.25) is 4.98 Å². The number of carboxylic acid groups (broad SMARTS) is 1. The van der Waals surface area contributed by atoms with Gasteiger partial charge < -0.3 is 9.84 Å². The highest BCUT2D eigenvalue weighted by molar-refractivity contribution is 9.10. The molecule has 0 aliphatic heterocycles. The van der Waals surface area contributed by atoms with E-state index in [0.717, 1.165) is 21.7 Å². The SMILES string of the molecule is Cc1cc(Br)cc(/C=C/C(=O)O)c1OCc1cccnc1. The van der Waals surface area contributed by atoms with Gasteiger partial charge in [0.25, 0.3) is 0 Å². The van der Waals surface area contributed by atoms with Gasteiger partial charge in [-0.25, -0.2) is 4.79 Å². The number of nitrogens with zero attached hydrogens (tertiary/aromatic N) is 1. The Morgan fingerprint density at radius 3 is 2.95 bits per heavy atom. The maximum atomic E-state index is 10.7. The van der Waals surface area contributed by atoms with Crippen LogP contribution in [0, 0.1) is 6.92 Å². The summed E-state index contributed by atoms with van der Waals surface area (Å²) >= 11 is 3.40. The molecule has 4 nitrogen and oxygen atoms in total. The molecule has 0 atom stereocenters. The minimum Gasteiger partial charge on any atom is -0.488 e. The van der Waals surface area contributed by atoms with E-state index in [1.54, 1.807) is 12.4 Å². The highest BCUT2D eigenvalue weighted by atomic mass is 79.9. The molecular weight excluding hydrogens is 334 g/mol. The van der Waals surface area contributed by atoms with Crippen LogP contribution in [0.3, 0.4) is 0 Å². The van der Waals surface area contributed by atoms with Gasteiger partial charge in [0.1, 0.15) is 12.4 Å². The van der Waals surface area contributed by atoms with Crippen molar-refractivity contribution in [3.05, 3.63) is 63.9 Å². The summed E-state index contributed by atoms with van der Waals surface area (Å²) in [7, 11) is 0. The molecule has 0 fully saturated rings. The average molecular weight is 348 g/mol. The van der Waals surface area contributed by atoms with Crippen molar-refractivity contribution in [2.75, 3.05) is 0 Å². The van der Waals surface area contributed by atoms with E-state index in [2.05, 4.69) is 20.9 Å². The lowest BCUT2D eigenvalue weighted by Crippen LogP contribution is -1.99. The molecule has 1 N–H and O–H groups in total. The molecule has 0 amide bonds. The molecule has 0 unspecified atom stereocenters. The Labute approximate surface area is 131 Å². The van der Waals surface area contributed by atoms with Crippen molar-refractivity contribution in [1.82, 2.24) is 4.98 Å². The fourth-order valence-corrected chi connectivity index (χ4v) is 2.47. The minimum absolute atomic E-state index is 0.379. The summed E-state index contributed by atoms with van der Waals surface area (Å²) in [6.45, 7) is 2.30. The van der Waals surface area contributed by atoms with E-state index in [1.165, 1.54) is 6.08 Å². The molecule has 1 heterocycles. The number of aliphatic carboxylic acids is 1. The third-order valence-corrected chi connectivity index (χ3v) is 3.24. The largest absolute Gasteiger partial charge is 0.488 e. The maximum absolute atomic E-state index is 10.7. The van der Waals surface area contributed by atoms with Crippen LogP contribution >= 0.6 is 15.9 Å². The summed E-state index contributed by atoms with van der Waals surface area (Å²) in [5, 5.41) is 8.76. The number of halogens is 1. The van der Waals surface area contributed by atoms with Gasteiger partial charge in [0.15, 0.2) is 0 Å². The molecule has 5 heteroatoms. The monoisotopic (exact) mass is 347 g/mol. The molecule has 1 aromatic heterocycles. The molecule has 1 aromatic carbocycles. The number of pyridine rings is 1. The standard InChI is InChI=1S/C16H14BrNO3/c1-11-7-14(17)8-13(4-5-15(19)20)16(11)21-10-12-3-2-6-18-9-12/h2-9H,10H2,1H3,(H,19,20)/b5-4+. The van der Waals surface area contributed by atoms with Gasteiger partial charge in [0.05, 0.1) is 0 Å². The van der Waals surface area contributed by atoms with Crippen LogP contribution in [0.4, 0.5) is 0 Å². The van der Waals surface area contributed by atoms with E-state index < -0.39 is 5.97 Å². The Morgan fingerprint density at radius 1 is 1.48 bits per heavy atom. The molecule has 0 radical (unpaired) electrons. The number of benzene rings is 1. The molecule has 21 heavy (non-hydrogen) atoms. The van der Waals surface area contributed by atoms with E-state index in [4.69, 9.17) is 9.84 Å². The summed E-state index contributed by atoms with van der Waals surface area (Å²) in [6, 6.07) is 7.52. The van der Waals surface area contributed by atoms with E-state index in [-0.39, 0.29) is 0 Å². The minimum atomic E-state index is -0.995. The van der Waals surface area contributed by atoms with Crippen molar-refractivity contribution in [3.63, 3.8) is 0 Å². The second kappa shape index (κ2) is 7.04. The molecule has 2 aromatic rings. The maximum Gasteiger partial charge on any atom is 0.328 e. The van der Waals surface area contributed by atoms with Gasteiger partial charge in [-0.2, -0.15) is 0 Å². The molecule has 0 aliphatic carbocycles. The van der Waals surface area contributed by atoms with Crippen LogP contribution in [-0.2, 0) is 11.4 Å². The fraction of sp³-hybridized carbons (Fsp3) is 0.125. The first-order valence-corrected chi connectivity index (χ1v) is 7.08. The smallest absolute Gasteiger partial charge is 0.328 e. The number of carbonyl (C=O) groups is 1. The zero-order valence-corrected chi connectivity index (χ0v) is 13.0. The molecule has 2 rings (SSSR count). The Bertz CT molecular complexity index is 669. The zero-order valence-electron chi connectivity index (χ0n) is 11.4. The highest BCUT2D eigenvalue weighted by Crippen LogP contribution is 2.29. The van der Waals surface area contributed by atoms with Crippen molar-refractivity contribution in [2.45, 2.75) is 13.5 Å². The topological polar surface area (TPSA) is 59.4 Å². The summed E-state index contributed by atoms with van der Waals surface area (Å²) < 4.78 is 6.71. The van der Waals surface area contributed by atoms with Gasteiger partial charge >= 0.3 is 5.97 Å². The highest BCUT2D eigenvalue weighted by Gasteiger charge is 2.08. The van der Waals surface area contributed by atoms with Crippen LogP contribution in [-0.4, -0.2) is 16.1 Å². The second-order valence-corrected chi connectivity index (χ2v) is 5.38. The Balaban J connectivity index is 2.26. The molecule has 0 saturated carbocycles. The van der Waals surface area contributed by atoms with Crippen LogP contribution in [0.25, 0.3) is 6.08 Å². The third-order valence-electron chi connectivity index (χ3n) is 2.78. The van der Waals surface area contributed by atoms with Crippen LogP contribution < -0.4 is 4.74 Å². The first-order chi connectivity index (χ1) is 10.1. The van der Waals surface area contributed by atoms with E-state index in [9.17, 15) is 4.79 Å². The number of hydrogen-bond donors (Lipinski definition) is 1. The molecule has 0 aliphatic rings. The van der Waals surface area contributed by atoms with Crippen LogP contribution in [0.2, 0.25) is 0 Å². The summed E-state index contributed by atoms with van der Waals surface area (Å²) in [5.74, 6) is -0.328. The van der Waals surface area contributed by atoms with Gasteiger partial charge in [-0.1, -0.05) is 22.0 Å². The van der Waals surface area contributed by atoms with Gasteiger partial charge in [0.2, 0.25) is 0 Å². The van der Waals surface area contributed by atoms with Crippen LogP contribution in [0.5, 0.6) is 5.75 Å². The van der Waals surface area contributed by atoms with Crippen molar-refractivity contribution in [2.24, 2.45) is 0 Å². The Kier molecular flexibility index (Phi) is 5.11. The predicted molar refractivity (Wildman–Crippen MR) is 84.1 cm³/mol. The normalized spacial score (nSPS) is 10.8. The second-order valence-electron chi connectivity index (χ2n) is 4.46.